The van der Waals surface area contributed by atoms with Gasteiger partial charge in [0.15, 0.2) is 0 Å². The summed E-state index contributed by atoms with van der Waals surface area (Å²) >= 11 is 0. The molecular weight excluding hydrogens is 512 g/mol. The molecule has 0 saturated heterocycles. The van der Waals surface area contributed by atoms with Gasteiger partial charge in [0.2, 0.25) is 5.91 Å². The molecule has 0 radical (unpaired) electrons. The van der Waals surface area contributed by atoms with Gasteiger partial charge in [-0.25, -0.2) is 0 Å². The Hall–Kier alpha value is -2.60. The topological polar surface area (TPSA) is 118 Å². The lowest BCUT2D eigenvalue weighted by Gasteiger charge is -2.63. The molecule has 4 fully saturated rings. The molecule has 4 aliphatic rings. The Morgan fingerprint density at radius 1 is 1.07 bits per heavy atom. The van der Waals surface area contributed by atoms with E-state index in [1.54, 1.807) is 0 Å². The van der Waals surface area contributed by atoms with Crippen molar-refractivity contribution >= 4 is 22.4 Å². The molecule has 4 aliphatic carbocycles. The van der Waals surface area contributed by atoms with E-state index in [2.05, 4.69) is 48.2 Å². The quantitative estimate of drug-likeness (QED) is 0.194. The Balaban J connectivity index is 1.14. The van der Waals surface area contributed by atoms with Crippen LogP contribution in [-0.2, 0) is 4.79 Å². The Labute approximate surface area is 243 Å². The zero-order valence-electron chi connectivity index (χ0n) is 24.7. The second kappa shape index (κ2) is 10.9. The van der Waals surface area contributed by atoms with Crippen molar-refractivity contribution in [2.24, 2.45) is 51.5 Å². The third kappa shape index (κ3) is 4.74. The van der Waals surface area contributed by atoms with Crippen LogP contribution in [0.2, 0.25) is 0 Å². The van der Waals surface area contributed by atoms with Crippen molar-refractivity contribution in [3.63, 3.8) is 0 Å². The van der Waals surface area contributed by atoms with Gasteiger partial charge < -0.3 is 15.5 Å². The van der Waals surface area contributed by atoms with Gasteiger partial charge in [-0.3, -0.25) is 4.79 Å². The van der Waals surface area contributed by atoms with Crippen LogP contribution in [0.3, 0.4) is 0 Å². The van der Waals surface area contributed by atoms with Gasteiger partial charge in [-0.1, -0.05) is 62.3 Å². The molecule has 220 valence electrons. The van der Waals surface area contributed by atoms with Crippen LogP contribution in [0, 0.1) is 46.3 Å². The number of fused-ring (bicyclic) bond motifs is 6. The normalized spacial score (nSPS) is 40.5. The van der Waals surface area contributed by atoms with E-state index < -0.39 is 6.10 Å². The number of anilines is 1. The summed E-state index contributed by atoms with van der Waals surface area (Å²) < 4.78 is 0. The average molecular weight is 559 g/mol. The fourth-order valence-corrected chi connectivity index (χ4v) is 10.4. The number of benzene rings is 2. The molecule has 4 saturated carbocycles. The van der Waals surface area contributed by atoms with E-state index in [0.29, 0.717) is 24.2 Å². The Morgan fingerprint density at radius 2 is 1.85 bits per heavy atom. The van der Waals surface area contributed by atoms with E-state index in [1.807, 2.05) is 30.3 Å². The number of nitrogens with zero attached hydrogens (tertiary/aromatic N) is 3. The zero-order chi connectivity index (χ0) is 28.9. The van der Waals surface area contributed by atoms with Crippen molar-refractivity contribution in [3.8, 4) is 0 Å². The predicted octanol–water partition coefficient (Wildman–Crippen LogP) is 7.47. The highest BCUT2D eigenvalue weighted by Gasteiger charge is 2.65. The van der Waals surface area contributed by atoms with Crippen LogP contribution in [0.5, 0.6) is 0 Å². The molecule has 0 bridgehead atoms. The molecule has 2 aromatic carbocycles. The maximum absolute atomic E-state index is 13.0. The molecule has 11 atom stereocenters. The van der Waals surface area contributed by atoms with Crippen LogP contribution in [0.15, 0.2) is 47.6 Å². The van der Waals surface area contributed by atoms with Gasteiger partial charge in [-0.05, 0) is 115 Å². The minimum atomic E-state index is -0.411. The molecule has 0 spiro atoms. The van der Waals surface area contributed by atoms with E-state index in [4.69, 9.17) is 5.53 Å². The fraction of sp³-hybridized carbons (Fsp3) is 0.676. The number of carbonyl (C=O) groups excluding carboxylic acids is 1. The monoisotopic (exact) mass is 558 g/mol. The summed E-state index contributed by atoms with van der Waals surface area (Å²) in [7, 11) is 0. The first-order valence-electron chi connectivity index (χ1n) is 15.8. The molecule has 0 heterocycles. The molecule has 2 aromatic rings. The highest BCUT2D eigenvalue weighted by atomic mass is 16.3. The summed E-state index contributed by atoms with van der Waals surface area (Å²) in [5, 5.41) is 32.8. The SMILES string of the molecule is CC(CCC(=O)Nc1cccc2ccccc12)C1CCC2[C@@H]3C(CC(O)C12C)C1(C)CC[C@@H](N=[N+]=[N-])C[C@H]1C[C@@H]3O. The largest absolute Gasteiger partial charge is 0.393 e. The molecule has 7 heteroatoms. The van der Waals surface area contributed by atoms with Gasteiger partial charge in [-0.2, -0.15) is 0 Å². The highest BCUT2D eigenvalue weighted by molar-refractivity contribution is 6.02. The molecule has 7 nitrogen and oxygen atoms in total. The fourth-order valence-electron chi connectivity index (χ4n) is 10.4. The Morgan fingerprint density at radius 3 is 2.66 bits per heavy atom. The van der Waals surface area contributed by atoms with E-state index in [9.17, 15) is 15.0 Å². The molecule has 7 unspecified atom stereocenters. The maximum atomic E-state index is 13.0. The van der Waals surface area contributed by atoms with Gasteiger partial charge in [0, 0.05) is 28.4 Å². The standard InChI is InChI=1S/C34H46N4O3/c1-20(11-14-31(41)36-28-10-6-8-21-7-4-5-9-24(21)28)25-12-13-26-32-27(19-30(40)34(25,26)3)33(2)16-15-23(37-38-35)17-22(33)18-29(32)39/h4-10,20,22-23,25-27,29-30,32,39-40H,11-19H2,1-3H3,(H,36,41)/t20?,22-,23+,25?,26?,27?,29-,30?,32+,33?,34?/m0/s1. The summed E-state index contributed by atoms with van der Waals surface area (Å²) in [6.45, 7) is 6.92. The number of rotatable bonds is 6. The van der Waals surface area contributed by atoms with Crippen LogP contribution in [0.4, 0.5) is 5.69 Å². The smallest absolute Gasteiger partial charge is 0.224 e. The maximum Gasteiger partial charge on any atom is 0.224 e. The minimum Gasteiger partial charge on any atom is -0.393 e. The van der Waals surface area contributed by atoms with E-state index >= 15 is 0 Å². The first kappa shape index (κ1) is 28.5. The Bertz CT molecular complexity index is 1340. The van der Waals surface area contributed by atoms with Crippen LogP contribution in [-0.4, -0.2) is 34.4 Å². The molecule has 1 amide bonds. The van der Waals surface area contributed by atoms with Crippen molar-refractivity contribution in [3.05, 3.63) is 52.9 Å². The van der Waals surface area contributed by atoms with Gasteiger partial charge in [0.1, 0.15) is 0 Å². The van der Waals surface area contributed by atoms with Crippen molar-refractivity contribution in [1.29, 1.82) is 0 Å². The van der Waals surface area contributed by atoms with E-state index in [0.717, 1.165) is 67.8 Å². The number of nitrogens with one attached hydrogen (secondary N) is 1. The number of aliphatic hydroxyl groups excluding tert-OH is 2. The van der Waals surface area contributed by atoms with Gasteiger partial charge >= 0.3 is 0 Å². The second-order valence-electron chi connectivity index (χ2n) is 14.3. The summed E-state index contributed by atoms with van der Waals surface area (Å²) in [4.78, 5) is 16.1. The number of hydrogen-bond donors (Lipinski definition) is 3. The van der Waals surface area contributed by atoms with E-state index in [-0.39, 0.29) is 46.6 Å². The summed E-state index contributed by atoms with van der Waals surface area (Å²) in [5.74, 6) is 1.77. The number of aliphatic hydroxyl groups is 2. The molecule has 3 N–H and O–H groups in total. The lowest BCUT2D eigenvalue weighted by molar-refractivity contribution is -0.202. The molecule has 0 aromatic heterocycles. The number of hydrogen-bond acceptors (Lipinski definition) is 4. The number of amides is 1. The molecule has 0 aliphatic heterocycles. The third-order valence-corrected chi connectivity index (χ3v) is 12.6. The van der Waals surface area contributed by atoms with Crippen molar-refractivity contribution in [2.75, 3.05) is 5.32 Å². The summed E-state index contributed by atoms with van der Waals surface area (Å²) in [6, 6.07) is 14.1. The van der Waals surface area contributed by atoms with Crippen molar-refractivity contribution < 1.29 is 15.0 Å². The van der Waals surface area contributed by atoms with Gasteiger partial charge in [0.05, 0.1) is 12.2 Å². The first-order valence-corrected chi connectivity index (χ1v) is 15.8. The molecule has 6 rings (SSSR count). The Kier molecular flexibility index (Phi) is 7.59. The molecular formula is C34H46N4O3. The average Bonchev–Trinajstić information content (AvgIpc) is 3.32. The van der Waals surface area contributed by atoms with Crippen LogP contribution >= 0.6 is 0 Å². The minimum absolute atomic E-state index is 0.0233. The van der Waals surface area contributed by atoms with Crippen LogP contribution < -0.4 is 5.32 Å². The van der Waals surface area contributed by atoms with Gasteiger partial charge in [-0.15, -0.1) is 0 Å². The van der Waals surface area contributed by atoms with Crippen molar-refractivity contribution in [1.82, 2.24) is 0 Å². The van der Waals surface area contributed by atoms with Gasteiger partial charge in [0.25, 0.3) is 0 Å². The highest BCUT2D eigenvalue weighted by Crippen LogP contribution is 2.68. The number of azide groups is 1. The van der Waals surface area contributed by atoms with Crippen LogP contribution in [0.1, 0.15) is 78.6 Å². The van der Waals surface area contributed by atoms with E-state index in [1.165, 1.54) is 0 Å². The lowest BCUT2D eigenvalue weighted by Crippen LogP contribution is -2.62. The number of carbonyl (C=O) groups is 1. The summed E-state index contributed by atoms with van der Waals surface area (Å²) in [6.07, 6.45) is 6.78. The third-order valence-electron chi connectivity index (χ3n) is 12.6. The summed E-state index contributed by atoms with van der Waals surface area (Å²) in [5.41, 5.74) is 9.65. The zero-order valence-corrected chi connectivity index (χ0v) is 24.7. The van der Waals surface area contributed by atoms with Crippen LogP contribution in [0.25, 0.3) is 21.2 Å². The lowest BCUT2D eigenvalue weighted by atomic mass is 9.43. The second-order valence-corrected chi connectivity index (χ2v) is 14.3. The predicted molar refractivity (Wildman–Crippen MR) is 162 cm³/mol. The van der Waals surface area contributed by atoms with Crippen molar-refractivity contribution in [2.45, 2.75) is 96.8 Å². The first-order chi connectivity index (χ1) is 19.7. The molecule has 41 heavy (non-hydrogen) atoms.